The van der Waals surface area contributed by atoms with Gasteiger partial charge >= 0.3 is 35.1 Å². The summed E-state index contributed by atoms with van der Waals surface area (Å²) in [5, 5.41) is 0. The summed E-state index contributed by atoms with van der Waals surface area (Å²) in [5.74, 6) is 0. The molecule has 0 aromatic heterocycles. The molecule has 0 aliphatic rings. The van der Waals surface area contributed by atoms with Crippen LogP contribution in [0.4, 0.5) is 0 Å². The first-order valence-corrected chi connectivity index (χ1v) is 5.56. The summed E-state index contributed by atoms with van der Waals surface area (Å²) in [4.78, 5) is 0. The summed E-state index contributed by atoms with van der Waals surface area (Å²) < 4.78 is 0. The Morgan fingerprint density at radius 3 is 1.80 bits per heavy atom. The molecule has 0 heterocycles. The normalized spacial score (nSPS) is 3.80. The quantitative estimate of drug-likeness (QED) is 0.359. The van der Waals surface area contributed by atoms with E-state index in [4.69, 9.17) is 0 Å². The van der Waals surface area contributed by atoms with Crippen LogP contribution in [0.3, 0.4) is 0 Å². The molecular formula is C3H5IPd. The van der Waals surface area contributed by atoms with Gasteiger partial charge in [0.2, 0.25) is 0 Å². The minimum atomic E-state index is 1.50. The third-order valence-electron chi connectivity index (χ3n) is 0. The molecule has 0 amide bonds. The molecule has 0 radical (unpaired) electrons. The zero-order valence-electron chi connectivity index (χ0n) is 2.69. The molecule has 0 spiro atoms. The van der Waals surface area contributed by atoms with E-state index in [0.717, 1.165) is 0 Å². The molecule has 0 atom stereocenters. The summed E-state index contributed by atoms with van der Waals surface area (Å²) in [6, 6.07) is 0. The van der Waals surface area contributed by atoms with Crippen molar-refractivity contribution in [3.63, 3.8) is 0 Å². The predicted octanol–water partition coefficient (Wildman–Crippen LogP) is 1.89. The van der Waals surface area contributed by atoms with Crippen LogP contribution in [0.5, 0.6) is 0 Å². The first kappa shape index (κ1) is 9.38. The molecule has 0 saturated carbocycles. The summed E-state index contributed by atoms with van der Waals surface area (Å²) in [6.07, 6.45) is 1.50. The summed E-state index contributed by atoms with van der Waals surface area (Å²) in [6.45, 7) is 6.50. The van der Waals surface area contributed by atoms with Crippen molar-refractivity contribution in [1.29, 1.82) is 0 Å². The first-order valence-electron chi connectivity index (χ1n) is 0.936. The van der Waals surface area contributed by atoms with Gasteiger partial charge in [-0.1, -0.05) is 0 Å². The summed E-state index contributed by atoms with van der Waals surface area (Å²) in [7, 11) is 0. The van der Waals surface area contributed by atoms with Crippen LogP contribution in [0.2, 0.25) is 0 Å². The van der Waals surface area contributed by atoms with Gasteiger partial charge in [0.15, 0.2) is 0 Å². The Balaban J connectivity index is 0. The molecule has 0 fully saturated rings. The van der Waals surface area contributed by atoms with Gasteiger partial charge in [-0.05, 0) is 0 Å². The van der Waals surface area contributed by atoms with Crippen molar-refractivity contribution >= 4 is 19.5 Å². The number of hydrogen-bond acceptors (Lipinski definition) is 0. The van der Waals surface area contributed by atoms with Gasteiger partial charge in [-0.2, -0.15) is 0 Å². The second-order valence-electron chi connectivity index (χ2n) is 0.289. The van der Waals surface area contributed by atoms with Crippen LogP contribution in [0, 0.1) is 6.92 Å². The third kappa shape index (κ3) is 44.9. The Morgan fingerprint density at radius 2 is 1.80 bits per heavy atom. The van der Waals surface area contributed by atoms with E-state index < -0.39 is 0 Å². The molecule has 0 bridgehead atoms. The molecular weight excluding hydrogens is 269 g/mol. The molecule has 5 heavy (non-hydrogen) atoms. The van der Waals surface area contributed by atoms with Crippen LogP contribution in [-0.2, 0) is 15.6 Å². The standard InChI is InChI=1S/C3H5.HI.Pd/c1-3-2;;/h3H,1-2H2;1H;/q-1;;+2/p-1. The van der Waals surface area contributed by atoms with Gasteiger partial charge in [0.25, 0.3) is 0 Å². The van der Waals surface area contributed by atoms with E-state index in [0.29, 0.717) is 0 Å². The number of allylic oxidation sites excluding steroid dienone is 1. The summed E-state index contributed by atoms with van der Waals surface area (Å²) in [5.41, 5.74) is 0. The molecule has 0 aliphatic heterocycles. The van der Waals surface area contributed by atoms with Crippen molar-refractivity contribution in [2.45, 2.75) is 0 Å². The van der Waals surface area contributed by atoms with E-state index in [2.05, 4.69) is 29.1 Å². The zero-order chi connectivity index (χ0) is 4.71. The Morgan fingerprint density at radius 1 is 1.80 bits per heavy atom. The molecule has 0 N–H and O–H groups in total. The van der Waals surface area contributed by atoms with Gasteiger partial charge in [0.05, 0.1) is 0 Å². The van der Waals surface area contributed by atoms with Crippen LogP contribution >= 0.6 is 19.5 Å². The van der Waals surface area contributed by atoms with Crippen LogP contribution in [-0.4, -0.2) is 0 Å². The van der Waals surface area contributed by atoms with Gasteiger partial charge in [0, 0.05) is 0 Å². The Labute approximate surface area is 54.4 Å². The van der Waals surface area contributed by atoms with Gasteiger partial charge in [-0.3, -0.25) is 0 Å². The van der Waals surface area contributed by atoms with Gasteiger partial charge in [-0.15, -0.1) is 0 Å². The Hall–Kier alpha value is 1.00. The zero-order valence-corrected chi connectivity index (χ0v) is 6.40. The fourth-order valence-electron chi connectivity index (χ4n) is 0. The molecule has 0 unspecified atom stereocenters. The van der Waals surface area contributed by atoms with Crippen molar-refractivity contribution in [2.24, 2.45) is 0 Å². The van der Waals surface area contributed by atoms with Crippen molar-refractivity contribution in [3.8, 4) is 0 Å². The third-order valence-corrected chi connectivity index (χ3v) is 0. The molecule has 0 aliphatic carbocycles. The first-order chi connectivity index (χ1) is 2.41. The molecule has 0 saturated heterocycles. The molecule has 34 valence electrons. The van der Waals surface area contributed by atoms with E-state index >= 15 is 0 Å². The average molecular weight is 274 g/mol. The van der Waals surface area contributed by atoms with Crippen LogP contribution < -0.4 is 0 Å². The summed E-state index contributed by atoms with van der Waals surface area (Å²) >= 11 is 4.72. The fraction of sp³-hybridized carbons (Fsp3) is 0. The van der Waals surface area contributed by atoms with Crippen molar-refractivity contribution in [2.75, 3.05) is 0 Å². The van der Waals surface area contributed by atoms with E-state index in [1.807, 2.05) is 19.5 Å². The molecule has 2 heteroatoms. The van der Waals surface area contributed by atoms with Gasteiger partial charge in [0.1, 0.15) is 0 Å². The van der Waals surface area contributed by atoms with E-state index in [9.17, 15) is 0 Å². The molecule has 0 aromatic rings. The number of hydrogen-bond donors (Lipinski definition) is 0. The number of rotatable bonds is 0. The average Bonchev–Trinajstić information content (AvgIpc) is 1.46. The molecule has 0 aromatic carbocycles. The maximum atomic E-state index is 3.25. The minimum absolute atomic E-state index is 1.50. The SMILES string of the molecule is C=C[CH2-].[Pd+][I]. The maximum absolute atomic E-state index is 3.25. The monoisotopic (exact) mass is 274 g/mol. The van der Waals surface area contributed by atoms with Crippen LogP contribution in [0.25, 0.3) is 0 Å². The topological polar surface area (TPSA) is 0 Å². The Kier molecular flexibility index (Phi) is 37.5. The van der Waals surface area contributed by atoms with Crippen molar-refractivity contribution in [3.05, 3.63) is 19.6 Å². The van der Waals surface area contributed by atoms with E-state index in [1.165, 1.54) is 6.08 Å². The molecule has 0 nitrogen and oxygen atoms in total. The number of halogens is 1. The molecule has 0 rings (SSSR count). The van der Waals surface area contributed by atoms with Crippen molar-refractivity contribution < 1.29 is 15.6 Å². The van der Waals surface area contributed by atoms with E-state index in [-0.39, 0.29) is 0 Å². The van der Waals surface area contributed by atoms with Gasteiger partial charge < -0.3 is 0 Å². The van der Waals surface area contributed by atoms with Gasteiger partial charge in [-0.25, -0.2) is 19.6 Å². The second-order valence-corrected chi connectivity index (χ2v) is 0.289. The van der Waals surface area contributed by atoms with Crippen molar-refractivity contribution in [1.82, 2.24) is 0 Å². The second kappa shape index (κ2) is 20.0. The fourth-order valence-corrected chi connectivity index (χ4v) is 0. The van der Waals surface area contributed by atoms with E-state index in [1.54, 1.807) is 0 Å². The Bertz CT molecular complexity index is 14.4. The van der Waals surface area contributed by atoms with Crippen LogP contribution in [0.1, 0.15) is 0 Å². The van der Waals surface area contributed by atoms with Crippen LogP contribution in [0.15, 0.2) is 12.7 Å². The predicted molar refractivity (Wildman–Crippen MR) is 29.6 cm³/mol.